The maximum atomic E-state index is 12.6. The highest BCUT2D eigenvalue weighted by atomic mass is 32.2. The molecule has 1 amide bonds. The molecular weight excluding hydrogens is 436 g/mol. The molecule has 0 fully saturated rings. The third kappa shape index (κ3) is 6.09. The molecular formula is C26H34N2O4S. The number of hydrogen-bond acceptors (Lipinski definition) is 4. The number of aryl methyl sites for hydroxylation is 2. The third-order valence-corrected chi connectivity index (χ3v) is 8.41. The number of nitrogens with zero attached hydrogens (tertiary/aromatic N) is 1. The highest BCUT2D eigenvalue weighted by Crippen LogP contribution is 2.23. The number of carbonyl (C=O) groups is 2. The highest BCUT2D eigenvalue weighted by Gasteiger charge is 2.22. The first kappa shape index (κ1) is 25.1. The lowest BCUT2D eigenvalue weighted by atomic mass is 9.89. The molecule has 0 unspecified atom stereocenters. The Morgan fingerprint density at radius 1 is 0.939 bits per heavy atom. The molecule has 0 aliphatic heterocycles. The lowest BCUT2D eigenvalue weighted by Gasteiger charge is -2.19. The van der Waals surface area contributed by atoms with Crippen molar-refractivity contribution in [3.63, 3.8) is 0 Å². The SMILES string of the molecule is CCN(CC)S(=O)(=O)c1ccc([C@@H](C)NC(=O)CCC(=O)c2ccc3c(c2)CCCC3)cc1. The van der Waals surface area contributed by atoms with Crippen LogP contribution in [0.3, 0.4) is 0 Å². The summed E-state index contributed by atoms with van der Waals surface area (Å²) < 4.78 is 26.7. The second kappa shape index (κ2) is 11.1. The van der Waals surface area contributed by atoms with Gasteiger partial charge < -0.3 is 5.32 Å². The minimum absolute atomic E-state index is 0.0165. The van der Waals surface area contributed by atoms with Gasteiger partial charge in [0.05, 0.1) is 10.9 Å². The lowest BCUT2D eigenvalue weighted by molar-refractivity contribution is -0.121. The predicted octanol–water partition coefficient (Wildman–Crippen LogP) is 4.44. The second-order valence-corrected chi connectivity index (χ2v) is 10.5. The van der Waals surface area contributed by atoms with E-state index >= 15 is 0 Å². The van der Waals surface area contributed by atoms with Crippen LogP contribution in [0, 0.1) is 0 Å². The predicted molar refractivity (Wildman–Crippen MR) is 130 cm³/mol. The molecule has 0 heterocycles. The summed E-state index contributed by atoms with van der Waals surface area (Å²) in [6.45, 7) is 6.29. The van der Waals surface area contributed by atoms with E-state index in [4.69, 9.17) is 0 Å². The zero-order valence-corrected chi connectivity index (χ0v) is 20.6. The van der Waals surface area contributed by atoms with Gasteiger partial charge in [-0.1, -0.05) is 38.1 Å². The Kier molecular flexibility index (Phi) is 8.43. The van der Waals surface area contributed by atoms with Crippen molar-refractivity contribution >= 4 is 21.7 Å². The van der Waals surface area contributed by atoms with Crippen molar-refractivity contribution in [1.82, 2.24) is 9.62 Å². The van der Waals surface area contributed by atoms with Crippen molar-refractivity contribution in [1.29, 1.82) is 0 Å². The van der Waals surface area contributed by atoms with Gasteiger partial charge in [0.15, 0.2) is 5.78 Å². The molecule has 33 heavy (non-hydrogen) atoms. The number of Topliss-reactive ketones (excluding diaryl/α,β-unsaturated/α-hetero) is 1. The molecule has 2 aromatic carbocycles. The molecule has 1 atom stereocenters. The molecule has 178 valence electrons. The van der Waals surface area contributed by atoms with Gasteiger partial charge in [-0.25, -0.2) is 8.42 Å². The summed E-state index contributed by atoms with van der Waals surface area (Å²) in [4.78, 5) is 25.2. The number of nitrogens with one attached hydrogen (secondary N) is 1. The van der Waals surface area contributed by atoms with Crippen LogP contribution in [-0.4, -0.2) is 37.5 Å². The van der Waals surface area contributed by atoms with Crippen LogP contribution in [0.4, 0.5) is 0 Å². The van der Waals surface area contributed by atoms with E-state index in [1.807, 2.05) is 39.0 Å². The van der Waals surface area contributed by atoms with Crippen LogP contribution in [0.1, 0.15) is 79.5 Å². The second-order valence-electron chi connectivity index (χ2n) is 8.56. The van der Waals surface area contributed by atoms with Crippen LogP contribution in [0.25, 0.3) is 0 Å². The molecule has 0 saturated carbocycles. The minimum Gasteiger partial charge on any atom is -0.350 e. The summed E-state index contributed by atoms with van der Waals surface area (Å²) in [5.41, 5.74) is 4.08. The van der Waals surface area contributed by atoms with Gasteiger partial charge in [-0.2, -0.15) is 4.31 Å². The zero-order valence-electron chi connectivity index (χ0n) is 19.8. The van der Waals surface area contributed by atoms with Gasteiger partial charge in [-0.05, 0) is 67.5 Å². The largest absolute Gasteiger partial charge is 0.350 e. The summed E-state index contributed by atoms with van der Waals surface area (Å²) >= 11 is 0. The molecule has 3 rings (SSSR count). The van der Waals surface area contributed by atoms with Crippen LogP contribution in [-0.2, 0) is 27.7 Å². The van der Waals surface area contributed by atoms with E-state index in [-0.39, 0.29) is 35.5 Å². The molecule has 1 N–H and O–H groups in total. The van der Waals surface area contributed by atoms with Crippen LogP contribution >= 0.6 is 0 Å². The molecule has 0 aromatic heterocycles. The summed E-state index contributed by atoms with van der Waals surface area (Å²) in [6.07, 6.45) is 4.74. The molecule has 6 nitrogen and oxygen atoms in total. The number of amides is 1. The quantitative estimate of drug-likeness (QED) is 0.521. The summed E-state index contributed by atoms with van der Waals surface area (Å²) in [5.74, 6) is -0.217. The van der Waals surface area contributed by atoms with Crippen molar-refractivity contribution in [2.24, 2.45) is 0 Å². The number of ketones is 1. The van der Waals surface area contributed by atoms with Gasteiger partial charge in [0.1, 0.15) is 0 Å². The van der Waals surface area contributed by atoms with E-state index in [0.717, 1.165) is 24.8 Å². The molecule has 0 bridgehead atoms. The van der Waals surface area contributed by atoms with Crippen LogP contribution in [0.2, 0.25) is 0 Å². The maximum Gasteiger partial charge on any atom is 0.243 e. The smallest absolute Gasteiger partial charge is 0.243 e. The molecule has 7 heteroatoms. The topological polar surface area (TPSA) is 83.6 Å². The van der Waals surface area contributed by atoms with Crippen molar-refractivity contribution in [3.05, 3.63) is 64.7 Å². The van der Waals surface area contributed by atoms with Gasteiger partial charge in [-0.3, -0.25) is 9.59 Å². The van der Waals surface area contributed by atoms with Crippen molar-refractivity contribution in [2.45, 2.75) is 70.2 Å². The summed E-state index contributed by atoms with van der Waals surface area (Å²) in [7, 11) is -3.51. The summed E-state index contributed by atoms with van der Waals surface area (Å²) in [5, 5.41) is 2.91. The van der Waals surface area contributed by atoms with E-state index in [0.29, 0.717) is 18.7 Å². The molecule has 0 spiro atoms. The molecule has 0 saturated heterocycles. The molecule has 1 aliphatic carbocycles. The monoisotopic (exact) mass is 470 g/mol. The van der Waals surface area contributed by atoms with Gasteiger partial charge in [0, 0.05) is 31.5 Å². The number of benzene rings is 2. The van der Waals surface area contributed by atoms with E-state index in [9.17, 15) is 18.0 Å². The first-order valence-electron chi connectivity index (χ1n) is 11.8. The number of sulfonamides is 1. The number of carbonyl (C=O) groups excluding carboxylic acids is 2. The standard InChI is InChI=1S/C26H34N2O4S/c1-4-28(5-2)33(31,32)24-14-12-20(13-15-24)19(3)27-26(30)17-16-25(29)23-11-10-21-8-6-7-9-22(21)18-23/h10-15,18-19H,4-9,16-17H2,1-3H3,(H,27,30)/t19-/m1/s1. The van der Waals surface area contributed by atoms with Gasteiger partial charge >= 0.3 is 0 Å². The minimum atomic E-state index is -3.51. The average molecular weight is 471 g/mol. The Bertz CT molecular complexity index is 1090. The summed E-state index contributed by atoms with van der Waals surface area (Å²) in [6, 6.07) is 12.2. The van der Waals surface area contributed by atoms with E-state index in [2.05, 4.69) is 5.32 Å². The number of fused-ring (bicyclic) bond motifs is 1. The first-order valence-corrected chi connectivity index (χ1v) is 13.2. The first-order chi connectivity index (χ1) is 15.8. The average Bonchev–Trinajstić information content (AvgIpc) is 2.82. The highest BCUT2D eigenvalue weighted by molar-refractivity contribution is 7.89. The van der Waals surface area contributed by atoms with Crippen LogP contribution in [0.15, 0.2) is 47.4 Å². The van der Waals surface area contributed by atoms with Crippen LogP contribution < -0.4 is 5.32 Å². The third-order valence-electron chi connectivity index (χ3n) is 6.35. The fraction of sp³-hybridized carbons (Fsp3) is 0.462. The van der Waals surface area contributed by atoms with Gasteiger partial charge in [0.2, 0.25) is 15.9 Å². The van der Waals surface area contributed by atoms with Crippen molar-refractivity contribution < 1.29 is 18.0 Å². The zero-order chi connectivity index (χ0) is 24.0. The van der Waals surface area contributed by atoms with Crippen molar-refractivity contribution in [2.75, 3.05) is 13.1 Å². The van der Waals surface area contributed by atoms with Gasteiger partial charge in [0.25, 0.3) is 0 Å². The van der Waals surface area contributed by atoms with Gasteiger partial charge in [-0.15, -0.1) is 0 Å². The van der Waals surface area contributed by atoms with Crippen LogP contribution in [0.5, 0.6) is 0 Å². The Labute approximate surface area is 197 Å². The molecule has 2 aromatic rings. The van der Waals surface area contributed by atoms with E-state index in [1.165, 1.54) is 21.9 Å². The van der Waals surface area contributed by atoms with E-state index in [1.54, 1.807) is 24.3 Å². The Morgan fingerprint density at radius 2 is 1.58 bits per heavy atom. The maximum absolute atomic E-state index is 12.6. The lowest BCUT2D eigenvalue weighted by Crippen LogP contribution is -2.30. The van der Waals surface area contributed by atoms with Crippen molar-refractivity contribution in [3.8, 4) is 0 Å². The Morgan fingerprint density at radius 3 is 2.21 bits per heavy atom. The fourth-order valence-corrected chi connectivity index (χ4v) is 5.77. The Hall–Kier alpha value is -2.51. The fourth-order valence-electron chi connectivity index (χ4n) is 4.32. The number of hydrogen-bond donors (Lipinski definition) is 1. The van der Waals surface area contributed by atoms with E-state index < -0.39 is 10.0 Å². The molecule has 0 radical (unpaired) electrons. The Balaban J connectivity index is 1.54. The number of rotatable bonds is 10. The normalized spacial score (nSPS) is 14.5. The molecule has 1 aliphatic rings.